The summed E-state index contributed by atoms with van der Waals surface area (Å²) < 4.78 is 5.64. The van der Waals surface area contributed by atoms with Gasteiger partial charge in [-0.15, -0.1) is 33.3 Å². The van der Waals surface area contributed by atoms with Crippen molar-refractivity contribution in [3.8, 4) is 11.5 Å². The number of carbonyl (C=O) groups is 3. The van der Waals surface area contributed by atoms with Crippen LogP contribution in [0, 0.1) is 0 Å². The molecule has 1 fully saturated rings. The van der Waals surface area contributed by atoms with Gasteiger partial charge in [-0.25, -0.2) is 9.78 Å². The molecule has 2 amide bonds. The van der Waals surface area contributed by atoms with Crippen LogP contribution in [0.3, 0.4) is 0 Å². The third kappa shape index (κ3) is 5.39. The SMILES string of the molecule is CON=C(C(=O)NC1C(=O)N2C(C(=O)O)=C(C=CSc3nnc(-c4ccccc4)o3)CSC12)c1csc(N)n1. The molecule has 1 aromatic carbocycles. The minimum Gasteiger partial charge on any atom is -0.477 e. The Bertz CT molecular complexity index is 1520. The van der Waals surface area contributed by atoms with Crippen molar-refractivity contribution in [3.63, 3.8) is 0 Å². The van der Waals surface area contributed by atoms with Gasteiger partial charge in [-0.05, 0) is 41.0 Å². The summed E-state index contributed by atoms with van der Waals surface area (Å²) in [6.45, 7) is 0. The highest BCUT2D eigenvalue weighted by molar-refractivity contribution is 8.02. The van der Waals surface area contributed by atoms with Crippen LogP contribution in [-0.4, -0.2) is 73.0 Å². The number of nitrogens with zero attached hydrogens (tertiary/aromatic N) is 5. The number of β-lactam (4-membered cyclic amide) rings is 1. The van der Waals surface area contributed by atoms with Gasteiger partial charge in [0, 0.05) is 16.7 Å². The Hall–Kier alpha value is -4.15. The maximum Gasteiger partial charge on any atom is 0.352 e. The molecule has 2 aliphatic rings. The first-order valence-electron chi connectivity index (χ1n) is 11.1. The number of allylic oxidation sites excluding steroid dienone is 1. The van der Waals surface area contributed by atoms with Crippen LogP contribution in [0.25, 0.3) is 11.5 Å². The Morgan fingerprint density at radius 1 is 1.33 bits per heavy atom. The van der Waals surface area contributed by atoms with Gasteiger partial charge in [0.25, 0.3) is 17.0 Å². The zero-order valence-corrected chi connectivity index (χ0v) is 22.5. The second-order valence-electron chi connectivity index (χ2n) is 7.89. The number of carboxylic acid groups (broad SMARTS) is 1. The van der Waals surface area contributed by atoms with Gasteiger partial charge < -0.3 is 25.4 Å². The molecular weight excluding hydrogens is 566 g/mol. The Labute approximate surface area is 233 Å². The highest BCUT2D eigenvalue weighted by atomic mass is 32.2. The molecule has 3 aromatic rings. The number of fused-ring (bicyclic) bond motifs is 1. The normalized spacial score (nSPS) is 19.2. The van der Waals surface area contributed by atoms with Gasteiger partial charge in [0.1, 0.15) is 29.9 Å². The number of benzene rings is 1. The number of oxime groups is 1. The first-order valence-corrected chi connectivity index (χ1v) is 13.9. The molecule has 1 saturated heterocycles. The fourth-order valence-electron chi connectivity index (χ4n) is 3.80. The van der Waals surface area contributed by atoms with E-state index in [2.05, 4.69) is 25.7 Å². The molecule has 2 aromatic heterocycles. The molecule has 16 heteroatoms. The van der Waals surface area contributed by atoms with Crippen molar-refractivity contribution in [2.75, 3.05) is 18.6 Å². The van der Waals surface area contributed by atoms with Crippen molar-refractivity contribution < 1.29 is 28.7 Å². The lowest BCUT2D eigenvalue weighted by molar-refractivity contribution is -0.150. The molecule has 2 atom stereocenters. The Balaban J connectivity index is 1.28. The number of rotatable bonds is 9. The van der Waals surface area contributed by atoms with Gasteiger partial charge in [0.05, 0.1) is 0 Å². The summed E-state index contributed by atoms with van der Waals surface area (Å²) >= 11 is 3.57. The Morgan fingerprint density at radius 3 is 2.82 bits per heavy atom. The number of carboxylic acids is 1. The number of thiazole rings is 1. The van der Waals surface area contributed by atoms with Crippen LogP contribution in [0.15, 0.2) is 73.3 Å². The number of aromatic nitrogens is 3. The van der Waals surface area contributed by atoms with Crippen molar-refractivity contribution in [3.05, 3.63) is 64.2 Å². The van der Waals surface area contributed by atoms with Crippen molar-refractivity contribution in [2.24, 2.45) is 5.16 Å². The minimum absolute atomic E-state index is 0.149. The summed E-state index contributed by atoms with van der Waals surface area (Å²) in [6, 6.07) is 8.33. The van der Waals surface area contributed by atoms with Gasteiger partial charge in [-0.3, -0.25) is 14.5 Å². The number of amides is 2. The lowest BCUT2D eigenvalue weighted by Gasteiger charge is -2.49. The predicted octanol–water partition coefficient (Wildman–Crippen LogP) is 2.17. The number of thioether (sulfide) groups is 2. The van der Waals surface area contributed by atoms with E-state index >= 15 is 0 Å². The van der Waals surface area contributed by atoms with Gasteiger partial charge >= 0.3 is 5.97 Å². The van der Waals surface area contributed by atoms with Crippen molar-refractivity contribution in [1.82, 2.24) is 25.4 Å². The second-order valence-corrected chi connectivity index (χ2v) is 10.7. The van der Waals surface area contributed by atoms with Crippen LogP contribution in [0.4, 0.5) is 5.13 Å². The number of nitrogens with one attached hydrogen (secondary N) is 1. The van der Waals surface area contributed by atoms with Gasteiger partial charge in [0.15, 0.2) is 10.8 Å². The van der Waals surface area contributed by atoms with E-state index < -0.39 is 29.2 Å². The molecule has 13 nitrogen and oxygen atoms in total. The molecule has 39 heavy (non-hydrogen) atoms. The number of hydrogen-bond acceptors (Lipinski definition) is 13. The van der Waals surface area contributed by atoms with E-state index in [9.17, 15) is 19.5 Å². The zero-order valence-electron chi connectivity index (χ0n) is 20.0. The number of nitrogens with two attached hydrogens (primary N) is 1. The molecule has 5 rings (SSSR count). The van der Waals surface area contributed by atoms with Crippen LogP contribution in [0.5, 0.6) is 0 Å². The first-order chi connectivity index (χ1) is 18.9. The average molecular weight is 586 g/mol. The highest BCUT2D eigenvalue weighted by Crippen LogP contribution is 2.41. The summed E-state index contributed by atoms with van der Waals surface area (Å²) in [6.07, 6.45) is 1.60. The maximum absolute atomic E-state index is 13.0. The molecule has 2 unspecified atom stereocenters. The fourth-order valence-corrected chi connectivity index (χ4v) is 6.23. The topological polar surface area (TPSA) is 186 Å². The number of nitrogen functional groups attached to an aromatic ring is 1. The van der Waals surface area contributed by atoms with Crippen molar-refractivity contribution in [1.29, 1.82) is 0 Å². The van der Waals surface area contributed by atoms with E-state index in [4.69, 9.17) is 15.0 Å². The Morgan fingerprint density at radius 2 is 2.13 bits per heavy atom. The summed E-state index contributed by atoms with van der Waals surface area (Å²) in [7, 11) is 1.27. The van der Waals surface area contributed by atoms with Crippen LogP contribution in [0.2, 0.25) is 0 Å². The third-order valence-electron chi connectivity index (χ3n) is 5.51. The third-order valence-corrected chi connectivity index (χ3v) is 8.13. The quantitative estimate of drug-likeness (QED) is 0.144. The molecule has 200 valence electrons. The van der Waals surface area contributed by atoms with Crippen LogP contribution in [-0.2, 0) is 19.2 Å². The van der Waals surface area contributed by atoms with Crippen LogP contribution >= 0.6 is 34.9 Å². The average Bonchev–Trinajstić information content (AvgIpc) is 3.59. The number of aliphatic carboxylic acids is 1. The summed E-state index contributed by atoms with van der Waals surface area (Å²) in [5, 5.41) is 27.3. The molecule has 4 heterocycles. The lowest BCUT2D eigenvalue weighted by atomic mass is 10.0. The monoisotopic (exact) mass is 585 g/mol. The van der Waals surface area contributed by atoms with Crippen molar-refractivity contribution in [2.45, 2.75) is 16.6 Å². The van der Waals surface area contributed by atoms with E-state index in [1.165, 1.54) is 29.2 Å². The van der Waals surface area contributed by atoms with Crippen molar-refractivity contribution >= 4 is 63.5 Å². The van der Waals surface area contributed by atoms with E-state index in [1.54, 1.807) is 11.5 Å². The number of carbonyl (C=O) groups excluding carboxylic acids is 2. The Kier molecular flexibility index (Phi) is 7.67. The molecule has 4 N–H and O–H groups in total. The van der Waals surface area contributed by atoms with Crippen LogP contribution in [0.1, 0.15) is 5.69 Å². The first kappa shape index (κ1) is 26.5. The smallest absolute Gasteiger partial charge is 0.352 e. The van der Waals surface area contributed by atoms with Gasteiger partial charge in [-0.1, -0.05) is 23.4 Å². The van der Waals surface area contributed by atoms with Gasteiger partial charge in [-0.2, -0.15) is 0 Å². The molecule has 0 bridgehead atoms. The standard InChI is InChI=1S/C23H19N7O6S3/c1-35-29-14(13-10-39-22(24)25-13)17(31)26-15-19(32)30-16(21(33)34)12(9-38-20(15)30)7-8-37-23-28-27-18(36-23)11-5-3-2-4-6-11/h2-8,10,15,20H,9H2,1H3,(H2,24,25)(H,26,31)(H,33,34). The molecule has 0 radical (unpaired) electrons. The lowest BCUT2D eigenvalue weighted by Crippen LogP contribution is -2.71. The number of hydrogen-bond donors (Lipinski definition) is 3. The summed E-state index contributed by atoms with van der Waals surface area (Å²) in [5.74, 6) is -1.86. The van der Waals surface area contributed by atoms with Gasteiger partial charge in [0.2, 0.25) is 5.89 Å². The maximum atomic E-state index is 13.0. The molecule has 0 spiro atoms. The molecule has 0 aliphatic carbocycles. The molecule has 0 saturated carbocycles. The van der Waals surface area contributed by atoms with E-state index in [1.807, 2.05) is 30.3 Å². The minimum atomic E-state index is -1.26. The van der Waals surface area contributed by atoms with Crippen LogP contribution < -0.4 is 11.1 Å². The summed E-state index contributed by atoms with van der Waals surface area (Å²) in [5.41, 5.74) is 6.75. The second kappa shape index (κ2) is 11.3. The molecular formula is C23H19N7O6S3. The molecule has 2 aliphatic heterocycles. The fraction of sp³-hybridized carbons (Fsp3) is 0.174. The largest absolute Gasteiger partial charge is 0.477 e. The van der Waals surface area contributed by atoms with E-state index in [0.717, 1.165) is 28.7 Å². The number of anilines is 1. The zero-order chi connectivity index (χ0) is 27.5. The highest BCUT2D eigenvalue weighted by Gasteiger charge is 2.54. The van der Waals surface area contributed by atoms with E-state index in [0.29, 0.717) is 17.2 Å². The van der Waals surface area contributed by atoms with E-state index in [-0.39, 0.29) is 27.5 Å². The predicted molar refractivity (Wildman–Crippen MR) is 144 cm³/mol. The summed E-state index contributed by atoms with van der Waals surface area (Å²) in [4.78, 5) is 47.9.